The Hall–Kier alpha value is -1.33. The van der Waals surface area contributed by atoms with Crippen LogP contribution in [0, 0.1) is 17.2 Å². The predicted octanol–water partition coefficient (Wildman–Crippen LogP) is 2.12. The zero-order valence-electron chi connectivity index (χ0n) is 8.82. The predicted molar refractivity (Wildman–Crippen MR) is 60.3 cm³/mol. The van der Waals surface area contributed by atoms with Crippen molar-refractivity contribution in [1.29, 1.82) is 5.26 Å². The van der Waals surface area contributed by atoms with Crippen molar-refractivity contribution in [2.75, 3.05) is 6.54 Å². The molecule has 1 aromatic rings. The van der Waals surface area contributed by atoms with E-state index in [-0.39, 0.29) is 6.04 Å². The number of rotatable bonds is 2. The highest BCUT2D eigenvalue weighted by molar-refractivity contribution is 5.15. The standard InChI is InChI=1S/C13H16N2/c14-9-13-7-6-12(10-15-13)8-11-4-2-1-3-5-11/h1-5,12-13,15H,6-8,10H2/t12-,13-/m0/s1. The second kappa shape index (κ2) is 4.95. The van der Waals surface area contributed by atoms with Crippen LogP contribution in [0.15, 0.2) is 30.3 Å². The van der Waals surface area contributed by atoms with Gasteiger partial charge in [0.1, 0.15) is 0 Å². The average Bonchev–Trinajstić information content (AvgIpc) is 2.31. The van der Waals surface area contributed by atoms with Gasteiger partial charge in [0, 0.05) is 0 Å². The van der Waals surface area contributed by atoms with E-state index in [9.17, 15) is 0 Å². The maximum atomic E-state index is 8.75. The Morgan fingerprint density at radius 1 is 1.27 bits per heavy atom. The van der Waals surface area contributed by atoms with Crippen molar-refractivity contribution in [3.05, 3.63) is 35.9 Å². The molecule has 0 saturated carbocycles. The lowest BCUT2D eigenvalue weighted by molar-refractivity contribution is 0.343. The number of nitriles is 1. The Balaban J connectivity index is 1.85. The van der Waals surface area contributed by atoms with Crippen LogP contribution in [-0.2, 0) is 6.42 Å². The summed E-state index contributed by atoms with van der Waals surface area (Å²) in [5, 5.41) is 12.0. The molecule has 0 bridgehead atoms. The molecule has 15 heavy (non-hydrogen) atoms. The highest BCUT2D eigenvalue weighted by atomic mass is 14.9. The number of nitrogens with zero attached hydrogens (tertiary/aromatic N) is 1. The van der Waals surface area contributed by atoms with Gasteiger partial charge in [0.05, 0.1) is 12.1 Å². The van der Waals surface area contributed by atoms with E-state index in [0.29, 0.717) is 5.92 Å². The summed E-state index contributed by atoms with van der Waals surface area (Å²) in [4.78, 5) is 0. The Bertz CT molecular complexity index is 331. The first-order valence-electron chi connectivity index (χ1n) is 5.55. The van der Waals surface area contributed by atoms with E-state index in [1.165, 1.54) is 12.0 Å². The molecule has 1 N–H and O–H groups in total. The lowest BCUT2D eigenvalue weighted by atomic mass is 9.90. The van der Waals surface area contributed by atoms with Gasteiger partial charge >= 0.3 is 0 Å². The second-order valence-electron chi connectivity index (χ2n) is 4.22. The van der Waals surface area contributed by atoms with Crippen LogP contribution < -0.4 is 5.32 Å². The van der Waals surface area contributed by atoms with Crippen LogP contribution >= 0.6 is 0 Å². The van der Waals surface area contributed by atoms with Gasteiger partial charge in [-0.1, -0.05) is 30.3 Å². The molecule has 0 unspecified atom stereocenters. The van der Waals surface area contributed by atoms with Crippen molar-refractivity contribution in [3.63, 3.8) is 0 Å². The van der Waals surface area contributed by atoms with E-state index in [0.717, 1.165) is 19.4 Å². The number of hydrogen-bond acceptors (Lipinski definition) is 2. The molecule has 1 fully saturated rings. The van der Waals surface area contributed by atoms with Crippen LogP contribution in [-0.4, -0.2) is 12.6 Å². The van der Waals surface area contributed by atoms with Crippen molar-refractivity contribution in [2.45, 2.75) is 25.3 Å². The minimum atomic E-state index is 0.0806. The van der Waals surface area contributed by atoms with Gasteiger partial charge in [0.2, 0.25) is 0 Å². The number of hydrogen-bond donors (Lipinski definition) is 1. The second-order valence-corrected chi connectivity index (χ2v) is 4.22. The number of benzene rings is 1. The summed E-state index contributed by atoms with van der Waals surface area (Å²) in [7, 11) is 0. The minimum absolute atomic E-state index is 0.0806. The molecule has 1 aromatic carbocycles. The summed E-state index contributed by atoms with van der Waals surface area (Å²) in [6.45, 7) is 0.979. The number of nitrogens with one attached hydrogen (secondary N) is 1. The third-order valence-corrected chi connectivity index (χ3v) is 3.04. The Morgan fingerprint density at radius 3 is 2.67 bits per heavy atom. The lowest BCUT2D eigenvalue weighted by Crippen LogP contribution is -2.38. The Kier molecular flexibility index (Phi) is 3.37. The van der Waals surface area contributed by atoms with Gasteiger partial charge in [0.25, 0.3) is 0 Å². The van der Waals surface area contributed by atoms with Gasteiger partial charge in [-0.15, -0.1) is 0 Å². The molecular formula is C13H16N2. The van der Waals surface area contributed by atoms with E-state index in [1.807, 2.05) is 6.07 Å². The monoisotopic (exact) mass is 200 g/mol. The van der Waals surface area contributed by atoms with Gasteiger partial charge < -0.3 is 5.32 Å². The fraction of sp³-hybridized carbons (Fsp3) is 0.462. The lowest BCUT2D eigenvalue weighted by Gasteiger charge is -2.26. The molecule has 1 aliphatic heterocycles. The molecule has 2 nitrogen and oxygen atoms in total. The summed E-state index contributed by atoms with van der Waals surface area (Å²) in [5.41, 5.74) is 1.40. The van der Waals surface area contributed by atoms with Crippen LogP contribution in [0.3, 0.4) is 0 Å². The SMILES string of the molecule is N#C[C@@H]1CC[C@@H](Cc2ccccc2)CN1. The summed E-state index contributed by atoms with van der Waals surface area (Å²) in [5.74, 6) is 0.692. The van der Waals surface area contributed by atoms with E-state index >= 15 is 0 Å². The maximum Gasteiger partial charge on any atom is 0.0953 e. The fourth-order valence-corrected chi connectivity index (χ4v) is 2.15. The molecule has 0 aromatic heterocycles. The van der Waals surface area contributed by atoms with Gasteiger partial charge in [-0.25, -0.2) is 0 Å². The Morgan fingerprint density at radius 2 is 2.07 bits per heavy atom. The highest BCUT2D eigenvalue weighted by Gasteiger charge is 2.19. The zero-order valence-corrected chi connectivity index (χ0v) is 8.82. The Labute approximate surface area is 90.9 Å². The molecular weight excluding hydrogens is 184 g/mol. The van der Waals surface area contributed by atoms with Gasteiger partial charge in [-0.2, -0.15) is 5.26 Å². The van der Waals surface area contributed by atoms with Gasteiger partial charge in [-0.3, -0.25) is 0 Å². The number of piperidine rings is 1. The molecule has 2 heteroatoms. The van der Waals surface area contributed by atoms with Crippen molar-refractivity contribution >= 4 is 0 Å². The molecule has 2 atom stereocenters. The third-order valence-electron chi connectivity index (χ3n) is 3.04. The minimum Gasteiger partial charge on any atom is -0.302 e. The molecule has 1 aliphatic rings. The maximum absolute atomic E-state index is 8.75. The van der Waals surface area contributed by atoms with Crippen molar-refractivity contribution in [2.24, 2.45) is 5.92 Å². The molecule has 0 aliphatic carbocycles. The first kappa shape index (κ1) is 10.2. The summed E-state index contributed by atoms with van der Waals surface area (Å²) >= 11 is 0. The van der Waals surface area contributed by atoms with Gasteiger partial charge in [0.15, 0.2) is 0 Å². The van der Waals surface area contributed by atoms with Crippen LogP contribution in [0.4, 0.5) is 0 Å². The zero-order chi connectivity index (χ0) is 10.5. The molecule has 0 spiro atoms. The van der Waals surface area contributed by atoms with Crippen molar-refractivity contribution < 1.29 is 0 Å². The van der Waals surface area contributed by atoms with Gasteiger partial charge in [-0.05, 0) is 37.3 Å². The summed E-state index contributed by atoms with van der Waals surface area (Å²) < 4.78 is 0. The van der Waals surface area contributed by atoms with E-state index in [2.05, 4.69) is 35.7 Å². The molecule has 1 heterocycles. The largest absolute Gasteiger partial charge is 0.302 e. The van der Waals surface area contributed by atoms with Crippen LogP contribution in [0.1, 0.15) is 18.4 Å². The van der Waals surface area contributed by atoms with E-state index in [4.69, 9.17) is 5.26 Å². The highest BCUT2D eigenvalue weighted by Crippen LogP contribution is 2.18. The summed E-state index contributed by atoms with van der Waals surface area (Å²) in [6.07, 6.45) is 3.29. The molecule has 0 amide bonds. The van der Waals surface area contributed by atoms with Crippen LogP contribution in [0.25, 0.3) is 0 Å². The average molecular weight is 200 g/mol. The fourth-order valence-electron chi connectivity index (χ4n) is 2.15. The first-order chi connectivity index (χ1) is 7.38. The molecule has 1 saturated heterocycles. The smallest absolute Gasteiger partial charge is 0.0953 e. The van der Waals surface area contributed by atoms with Crippen LogP contribution in [0.2, 0.25) is 0 Å². The van der Waals surface area contributed by atoms with Crippen LogP contribution in [0.5, 0.6) is 0 Å². The summed E-state index contributed by atoms with van der Waals surface area (Å²) in [6, 6.07) is 12.9. The van der Waals surface area contributed by atoms with E-state index < -0.39 is 0 Å². The quantitative estimate of drug-likeness (QED) is 0.793. The first-order valence-corrected chi connectivity index (χ1v) is 5.55. The normalized spacial score (nSPS) is 25.8. The molecule has 0 radical (unpaired) electrons. The third kappa shape index (κ3) is 2.81. The van der Waals surface area contributed by atoms with Crippen molar-refractivity contribution in [3.8, 4) is 6.07 Å². The topological polar surface area (TPSA) is 35.8 Å². The van der Waals surface area contributed by atoms with E-state index in [1.54, 1.807) is 0 Å². The molecule has 78 valence electrons. The molecule has 2 rings (SSSR count). The van der Waals surface area contributed by atoms with Crippen molar-refractivity contribution in [1.82, 2.24) is 5.32 Å².